The van der Waals surface area contributed by atoms with Crippen molar-refractivity contribution in [1.82, 2.24) is 5.32 Å². The molecular weight excluding hydrogens is 252 g/mol. The van der Waals surface area contributed by atoms with Crippen LogP contribution in [0.1, 0.15) is 65.7 Å². The second-order valence-electron chi connectivity index (χ2n) is 6.48. The first kappa shape index (κ1) is 17.4. The smallest absolute Gasteiger partial charge is 0.237 e. The van der Waals surface area contributed by atoms with E-state index in [0.717, 1.165) is 19.6 Å². The van der Waals surface area contributed by atoms with Gasteiger partial charge in [-0.25, -0.2) is 0 Å². The number of nitrogens with two attached hydrogens (primary N) is 1. The Balaban J connectivity index is 2.36. The molecule has 0 aromatic carbocycles. The van der Waals surface area contributed by atoms with E-state index in [1.165, 1.54) is 32.1 Å². The zero-order valence-electron chi connectivity index (χ0n) is 13.4. The molecule has 2 unspecified atom stereocenters. The Bertz CT molecular complexity index is 290. The largest absolute Gasteiger partial charge is 0.378 e. The maximum Gasteiger partial charge on any atom is 0.237 e. The van der Waals surface area contributed by atoms with Crippen LogP contribution in [0.4, 0.5) is 0 Å². The van der Waals surface area contributed by atoms with E-state index in [9.17, 15) is 4.79 Å². The van der Waals surface area contributed by atoms with Crippen molar-refractivity contribution in [2.45, 2.75) is 77.4 Å². The van der Waals surface area contributed by atoms with Crippen molar-refractivity contribution in [2.24, 2.45) is 11.7 Å². The number of hydrogen-bond donors (Lipinski definition) is 2. The number of carbonyl (C=O) groups excluding carboxylic acids is 1. The van der Waals surface area contributed by atoms with Crippen LogP contribution in [0.3, 0.4) is 0 Å². The Morgan fingerprint density at radius 3 is 2.60 bits per heavy atom. The zero-order valence-corrected chi connectivity index (χ0v) is 13.4. The maximum absolute atomic E-state index is 11.7. The average molecular weight is 284 g/mol. The van der Waals surface area contributed by atoms with Crippen LogP contribution < -0.4 is 11.1 Å². The average Bonchev–Trinajstić information content (AvgIpc) is 2.44. The van der Waals surface area contributed by atoms with E-state index in [2.05, 4.69) is 12.2 Å². The van der Waals surface area contributed by atoms with E-state index in [-0.39, 0.29) is 12.0 Å². The molecule has 0 heterocycles. The first-order valence-electron chi connectivity index (χ1n) is 8.14. The van der Waals surface area contributed by atoms with Crippen LogP contribution in [0.15, 0.2) is 0 Å². The summed E-state index contributed by atoms with van der Waals surface area (Å²) < 4.78 is 5.96. The topological polar surface area (TPSA) is 64.3 Å². The minimum Gasteiger partial charge on any atom is -0.378 e. The van der Waals surface area contributed by atoms with Crippen molar-refractivity contribution in [3.63, 3.8) is 0 Å². The second kappa shape index (κ2) is 8.63. The van der Waals surface area contributed by atoms with Gasteiger partial charge in [-0.1, -0.05) is 26.2 Å². The summed E-state index contributed by atoms with van der Waals surface area (Å²) in [4.78, 5) is 11.7. The number of carbonyl (C=O) groups is 1. The lowest BCUT2D eigenvalue weighted by Crippen LogP contribution is -2.55. The molecule has 118 valence electrons. The van der Waals surface area contributed by atoms with Crippen LogP contribution in [-0.2, 0) is 9.53 Å². The molecule has 1 fully saturated rings. The first-order chi connectivity index (χ1) is 9.48. The van der Waals surface area contributed by atoms with Crippen LogP contribution in [0.25, 0.3) is 0 Å². The first-order valence-corrected chi connectivity index (χ1v) is 8.14. The Labute approximate surface area is 123 Å². The van der Waals surface area contributed by atoms with Crippen molar-refractivity contribution in [3.8, 4) is 0 Å². The summed E-state index contributed by atoms with van der Waals surface area (Å²) in [6.45, 7) is 7.62. The van der Waals surface area contributed by atoms with E-state index in [0.29, 0.717) is 12.3 Å². The van der Waals surface area contributed by atoms with Gasteiger partial charge in [-0.2, -0.15) is 0 Å². The molecule has 4 nitrogen and oxygen atoms in total. The highest BCUT2D eigenvalue weighted by molar-refractivity contribution is 5.84. The van der Waals surface area contributed by atoms with Gasteiger partial charge in [0.2, 0.25) is 5.91 Å². The summed E-state index contributed by atoms with van der Waals surface area (Å²) in [5.41, 5.74) is 4.88. The summed E-state index contributed by atoms with van der Waals surface area (Å²) in [6.07, 6.45) is 8.28. The Morgan fingerprint density at radius 1 is 1.40 bits per heavy atom. The van der Waals surface area contributed by atoms with Gasteiger partial charge in [0.1, 0.15) is 0 Å². The molecule has 0 spiro atoms. The van der Waals surface area contributed by atoms with Gasteiger partial charge in [0, 0.05) is 13.0 Å². The van der Waals surface area contributed by atoms with Crippen molar-refractivity contribution >= 4 is 5.91 Å². The van der Waals surface area contributed by atoms with Gasteiger partial charge in [-0.3, -0.25) is 4.79 Å². The molecule has 1 amide bonds. The van der Waals surface area contributed by atoms with Crippen LogP contribution in [-0.4, -0.2) is 30.7 Å². The minimum atomic E-state index is -0.665. The monoisotopic (exact) mass is 284 g/mol. The van der Waals surface area contributed by atoms with E-state index in [1.54, 1.807) is 0 Å². The molecule has 1 aliphatic rings. The van der Waals surface area contributed by atoms with Gasteiger partial charge >= 0.3 is 0 Å². The van der Waals surface area contributed by atoms with Gasteiger partial charge in [0.05, 0.1) is 11.6 Å². The molecular formula is C16H32N2O2. The minimum absolute atomic E-state index is 0.0544. The third-order valence-electron chi connectivity index (χ3n) is 4.35. The fourth-order valence-corrected chi connectivity index (χ4v) is 2.95. The molecule has 20 heavy (non-hydrogen) atoms. The maximum atomic E-state index is 11.7. The van der Waals surface area contributed by atoms with Gasteiger partial charge in [0.15, 0.2) is 0 Å². The third kappa shape index (κ3) is 5.80. The van der Waals surface area contributed by atoms with Gasteiger partial charge in [-0.05, 0) is 45.6 Å². The van der Waals surface area contributed by atoms with Crippen molar-refractivity contribution in [3.05, 3.63) is 0 Å². The van der Waals surface area contributed by atoms with E-state index < -0.39 is 5.54 Å². The Hall–Kier alpha value is -0.610. The summed E-state index contributed by atoms with van der Waals surface area (Å²) in [6, 6.07) is 0. The molecule has 2 atom stereocenters. The SMILES string of the molecule is CCCNC(C)(CC(C)OCC1CCCCC1)C(N)=O. The lowest BCUT2D eigenvalue weighted by atomic mass is 9.90. The molecule has 0 aliphatic heterocycles. The summed E-state index contributed by atoms with van der Waals surface area (Å²) in [5, 5.41) is 3.26. The normalized spacial score (nSPS) is 21.4. The molecule has 0 bridgehead atoms. The Kier molecular flexibility index (Phi) is 7.52. The number of amides is 1. The number of nitrogens with one attached hydrogen (secondary N) is 1. The highest BCUT2D eigenvalue weighted by atomic mass is 16.5. The molecule has 1 rings (SSSR count). The van der Waals surface area contributed by atoms with Crippen LogP contribution in [0.5, 0.6) is 0 Å². The summed E-state index contributed by atoms with van der Waals surface area (Å²) >= 11 is 0. The molecule has 0 radical (unpaired) electrons. The van der Waals surface area contributed by atoms with Gasteiger partial charge in [0.25, 0.3) is 0 Å². The van der Waals surface area contributed by atoms with Crippen molar-refractivity contribution in [2.75, 3.05) is 13.2 Å². The molecule has 0 saturated heterocycles. The van der Waals surface area contributed by atoms with Crippen LogP contribution in [0, 0.1) is 5.92 Å². The van der Waals surface area contributed by atoms with E-state index in [4.69, 9.17) is 10.5 Å². The quantitative estimate of drug-likeness (QED) is 0.684. The lowest BCUT2D eigenvalue weighted by Gasteiger charge is -2.31. The number of primary amides is 1. The fourth-order valence-electron chi connectivity index (χ4n) is 2.95. The second-order valence-corrected chi connectivity index (χ2v) is 6.48. The number of ether oxygens (including phenoxy) is 1. The summed E-state index contributed by atoms with van der Waals surface area (Å²) in [7, 11) is 0. The highest BCUT2D eigenvalue weighted by Gasteiger charge is 2.32. The fraction of sp³-hybridized carbons (Fsp3) is 0.938. The van der Waals surface area contributed by atoms with E-state index in [1.807, 2.05) is 13.8 Å². The number of hydrogen-bond acceptors (Lipinski definition) is 3. The third-order valence-corrected chi connectivity index (χ3v) is 4.35. The lowest BCUT2D eigenvalue weighted by molar-refractivity contribution is -0.125. The predicted molar refractivity (Wildman–Crippen MR) is 82.5 cm³/mol. The molecule has 0 aromatic rings. The molecule has 1 aliphatic carbocycles. The molecule has 3 N–H and O–H groups in total. The number of rotatable bonds is 9. The van der Waals surface area contributed by atoms with Crippen LogP contribution in [0.2, 0.25) is 0 Å². The molecule has 4 heteroatoms. The van der Waals surface area contributed by atoms with Crippen molar-refractivity contribution < 1.29 is 9.53 Å². The Morgan fingerprint density at radius 2 is 2.05 bits per heavy atom. The standard InChI is InChI=1S/C16H32N2O2/c1-4-10-18-16(3,15(17)19)11-13(2)20-12-14-8-6-5-7-9-14/h13-14,18H,4-12H2,1-3H3,(H2,17,19). The zero-order chi connectivity index (χ0) is 15.0. The van der Waals surface area contributed by atoms with Gasteiger partial charge in [-0.15, -0.1) is 0 Å². The molecule has 1 saturated carbocycles. The van der Waals surface area contributed by atoms with Crippen LogP contribution >= 0.6 is 0 Å². The van der Waals surface area contributed by atoms with Crippen molar-refractivity contribution in [1.29, 1.82) is 0 Å². The summed E-state index contributed by atoms with van der Waals surface area (Å²) in [5.74, 6) is 0.411. The van der Waals surface area contributed by atoms with E-state index >= 15 is 0 Å². The highest BCUT2D eigenvalue weighted by Crippen LogP contribution is 2.25. The van der Waals surface area contributed by atoms with Gasteiger partial charge < -0.3 is 15.8 Å². The predicted octanol–water partition coefficient (Wildman–Crippen LogP) is 2.61. The molecule has 0 aromatic heterocycles.